The summed E-state index contributed by atoms with van der Waals surface area (Å²) in [4.78, 5) is 18.1. The highest BCUT2D eigenvalue weighted by Gasteiger charge is 2.41. The van der Waals surface area contributed by atoms with Crippen molar-refractivity contribution < 1.29 is 22.7 Å². The number of benzene rings is 2. The quantitative estimate of drug-likeness (QED) is 0.556. The van der Waals surface area contributed by atoms with E-state index in [0.717, 1.165) is 5.39 Å². The molecule has 7 nitrogen and oxygen atoms in total. The molecule has 172 valence electrons. The number of hydrogen-bond acceptors (Lipinski definition) is 5. The number of fused-ring (bicyclic) bond motifs is 1. The third-order valence-electron chi connectivity index (χ3n) is 5.96. The Balaban J connectivity index is 1.68. The first-order chi connectivity index (χ1) is 15.7. The van der Waals surface area contributed by atoms with Crippen molar-refractivity contribution in [3.8, 4) is 0 Å². The summed E-state index contributed by atoms with van der Waals surface area (Å²) in [7, 11) is -3.98. The third kappa shape index (κ3) is 4.21. The van der Waals surface area contributed by atoms with Crippen molar-refractivity contribution in [2.24, 2.45) is 0 Å². The zero-order valence-electron chi connectivity index (χ0n) is 18.1. The van der Waals surface area contributed by atoms with Crippen LogP contribution in [0.2, 0.25) is 0 Å². The molecule has 9 heteroatoms. The van der Waals surface area contributed by atoms with Crippen molar-refractivity contribution in [1.82, 2.24) is 9.29 Å². The first-order valence-corrected chi connectivity index (χ1v) is 11.9. The van der Waals surface area contributed by atoms with Gasteiger partial charge in [-0.25, -0.2) is 17.6 Å². The van der Waals surface area contributed by atoms with Crippen molar-refractivity contribution >= 4 is 32.6 Å². The Labute approximate surface area is 191 Å². The van der Waals surface area contributed by atoms with Crippen LogP contribution in [0.15, 0.2) is 67.4 Å². The summed E-state index contributed by atoms with van der Waals surface area (Å²) in [5.74, 6) is -1.57. The lowest BCUT2D eigenvalue weighted by molar-refractivity contribution is -0.139. The Morgan fingerprint density at radius 2 is 2.00 bits per heavy atom. The van der Waals surface area contributed by atoms with Gasteiger partial charge in [0.1, 0.15) is 17.1 Å². The van der Waals surface area contributed by atoms with E-state index < -0.39 is 33.1 Å². The molecule has 33 heavy (non-hydrogen) atoms. The number of carbonyl (C=O) groups is 1. The Kier molecular flexibility index (Phi) is 6.18. The highest BCUT2D eigenvalue weighted by molar-refractivity contribution is 7.89. The molecule has 0 aliphatic carbocycles. The predicted octanol–water partition coefficient (Wildman–Crippen LogP) is 3.51. The predicted molar refractivity (Wildman–Crippen MR) is 125 cm³/mol. The maximum Gasteiger partial charge on any atom is 0.327 e. The van der Waals surface area contributed by atoms with Crippen LogP contribution in [0.5, 0.6) is 0 Å². The van der Waals surface area contributed by atoms with Crippen molar-refractivity contribution in [3.63, 3.8) is 0 Å². The topological polar surface area (TPSA) is 90.8 Å². The number of para-hydroxylation sites is 1. The molecule has 2 unspecified atom stereocenters. The molecule has 0 amide bonds. The molecule has 1 aliphatic rings. The first kappa shape index (κ1) is 22.9. The van der Waals surface area contributed by atoms with Gasteiger partial charge in [-0.15, -0.1) is 6.58 Å². The molecule has 1 aromatic heterocycles. The van der Waals surface area contributed by atoms with Crippen LogP contribution in [-0.2, 0) is 14.8 Å². The van der Waals surface area contributed by atoms with Gasteiger partial charge in [0.15, 0.2) is 0 Å². The number of anilines is 1. The molecule has 1 fully saturated rings. The minimum atomic E-state index is -3.98. The summed E-state index contributed by atoms with van der Waals surface area (Å²) < 4.78 is 42.1. The number of aryl methyl sites for hydroxylation is 1. The van der Waals surface area contributed by atoms with Crippen molar-refractivity contribution in [1.29, 1.82) is 0 Å². The van der Waals surface area contributed by atoms with Gasteiger partial charge in [0.25, 0.3) is 0 Å². The summed E-state index contributed by atoms with van der Waals surface area (Å²) in [6.07, 6.45) is 2.95. The Bertz CT molecular complexity index is 1320. The van der Waals surface area contributed by atoms with Crippen LogP contribution in [0.25, 0.3) is 10.9 Å². The van der Waals surface area contributed by atoms with E-state index in [0.29, 0.717) is 22.3 Å². The standard InChI is InChI=1S/C24H24FN3O4S/c1-3-22(19-8-4-6-17-7-5-11-26-23(17)19)33(31,32)27-12-13-28(21(15-27)24(29)30)20-10-9-18(25)14-16(20)2/h3-11,14,21-22H,1,12-13,15H2,2H3,(H,29,30). The van der Waals surface area contributed by atoms with Crippen LogP contribution in [0, 0.1) is 12.7 Å². The maximum absolute atomic E-state index is 13.6. The van der Waals surface area contributed by atoms with Gasteiger partial charge in [-0.05, 0) is 36.8 Å². The van der Waals surface area contributed by atoms with Crippen LogP contribution in [0.4, 0.5) is 10.1 Å². The summed E-state index contributed by atoms with van der Waals surface area (Å²) >= 11 is 0. The van der Waals surface area contributed by atoms with Gasteiger partial charge < -0.3 is 10.0 Å². The van der Waals surface area contributed by atoms with Gasteiger partial charge in [-0.3, -0.25) is 4.98 Å². The van der Waals surface area contributed by atoms with Crippen LogP contribution in [0.3, 0.4) is 0 Å². The van der Waals surface area contributed by atoms with E-state index in [1.165, 1.54) is 28.6 Å². The van der Waals surface area contributed by atoms with E-state index in [9.17, 15) is 22.7 Å². The lowest BCUT2D eigenvalue weighted by Crippen LogP contribution is -2.58. The second kappa shape index (κ2) is 8.92. The number of hydrogen-bond donors (Lipinski definition) is 1. The second-order valence-corrected chi connectivity index (χ2v) is 10.0. The number of piperazine rings is 1. The third-order valence-corrected chi connectivity index (χ3v) is 8.10. The molecule has 4 rings (SSSR count). The molecule has 3 aromatic rings. The molecule has 1 N–H and O–H groups in total. The highest BCUT2D eigenvalue weighted by atomic mass is 32.2. The monoisotopic (exact) mass is 469 g/mol. The molecule has 2 aromatic carbocycles. The van der Waals surface area contributed by atoms with Crippen molar-refractivity contribution in [2.45, 2.75) is 18.2 Å². The van der Waals surface area contributed by atoms with Gasteiger partial charge in [-0.1, -0.05) is 30.3 Å². The van der Waals surface area contributed by atoms with E-state index >= 15 is 0 Å². The lowest BCUT2D eigenvalue weighted by atomic mass is 10.1. The maximum atomic E-state index is 13.6. The molecule has 0 spiro atoms. The fourth-order valence-electron chi connectivity index (χ4n) is 4.36. The van der Waals surface area contributed by atoms with E-state index in [4.69, 9.17) is 0 Å². The van der Waals surface area contributed by atoms with E-state index in [1.807, 2.05) is 12.1 Å². The summed E-state index contributed by atoms with van der Waals surface area (Å²) in [6, 6.07) is 12.0. The van der Waals surface area contributed by atoms with Crippen molar-refractivity contribution in [3.05, 3.63) is 84.3 Å². The largest absolute Gasteiger partial charge is 0.480 e. The minimum Gasteiger partial charge on any atom is -0.480 e. The molecule has 2 atom stereocenters. The number of aromatic nitrogens is 1. The first-order valence-electron chi connectivity index (χ1n) is 10.4. The van der Waals surface area contributed by atoms with E-state index in [1.54, 1.807) is 36.2 Å². The summed E-state index contributed by atoms with van der Waals surface area (Å²) in [5.41, 5.74) is 2.21. The fourth-order valence-corrected chi connectivity index (χ4v) is 6.12. The normalized spacial score (nSPS) is 18.2. The Morgan fingerprint density at radius 1 is 1.24 bits per heavy atom. The fraction of sp³-hybridized carbons (Fsp3) is 0.250. The second-order valence-electron chi connectivity index (χ2n) is 7.96. The zero-order valence-corrected chi connectivity index (χ0v) is 18.9. The van der Waals surface area contributed by atoms with Gasteiger partial charge in [0.2, 0.25) is 10.0 Å². The molecule has 1 saturated heterocycles. The smallest absolute Gasteiger partial charge is 0.327 e. The average Bonchev–Trinajstić information content (AvgIpc) is 2.79. The molecular formula is C24H24FN3O4S. The van der Waals surface area contributed by atoms with Crippen molar-refractivity contribution in [2.75, 3.05) is 24.5 Å². The number of nitrogens with zero attached hydrogens (tertiary/aromatic N) is 3. The Hall–Kier alpha value is -3.30. The molecule has 2 heterocycles. The van der Waals surface area contributed by atoms with Gasteiger partial charge in [0.05, 0.1) is 5.52 Å². The lowest BCUT2D eigenvalue weighted by Gasteiger charge is -2.41. The number of carboxylic acids is 1. The van der Waals surface area contributed by atoms with Crippen LogP contribution in [-0.4, -0.2) is 54.5 Å². The number of pyridine rings is 1. The van der Waals surface area contributed by atoms with Crippen LogP contribution in [0.1, 0.15) is 16.4 Å². The van der Waals surface area contributed by atoms with E-state index in [2.05, 4.69) is 11.6 Å². The molecule has 1 aliphatic heterocycles. The minimum absolute atomic E-state index is 0.0888. The average molecular weight is 470 g/mol. The number of carboxylic acid groups (broad SMARTS) is 1. The number of aliphatic carboxylic acids is 1. The molecule has 0 saturated carbocycles. The summed E-state index contributed by atoms with van der Waals surface area (Å²) in [5, 5.41) is 9.61. The summed E-state index contributed by atoms with van der Waals surface area (Å²) in [6.45, 7) is 5.44. The zero-order chi connectivity index (χ0) is 23.8. The highest BCUT2D eigenvalue weighted by Crippen LogP contribution is 2.34. The molecular weight excluding hydrogens is 445 g/mol. The SMILES string of the molecule is C=CC(c1cccc2cccnc12)S(=O)(=O)N1CCN(c2ccc(F)cc2C)C(C(=O)O)C1. The number of sulfonamides is 1. The molecule has 0 radical (unpaired) electrons. The van der Waals surface area contributed by atoms with Gasteiger partial charge >= 0.3 is 5.97 Å². The van der Waals surface area contributed by atoms with Crippen LogP contribution < -0.4 is 4.90 Å². The number of halogens is 1. The van der Waals surface area contributed by atoms with Gasteiger partial charge in [-0.2, -0.15) is 4.31 Å². The van der Waals surface area contributed by atoms with Gasteiger partial charge in [0, 0.05) is 42.5 Å². The number of rotatable bonds is 6. The van der Waals surface area contributed by atoms with Crippen LogP contribution >= 0.6 is 0 Å². The van der Waals surface area contributed by atoms with E-state index in [-0.39, 0.29) is 19.6 Å². The Morgan fingerprint density at radius 3 is 2.70 bits per heavy atom. The molecule has 0 bridgehead atoms.